The highest BCUT2D eigenvalue weighted by Crippen LogP contribution is 2.25. The summed E-state index contributed by atoms with van der Waals surface area (Å²) in [5.74, 6) is 0. The van der Waals surface area contributed by atoms with Crippen LogP contribution in [-0.2, 0) is 0 Å². The Hall–Kier alpha value is -0.120. The summed E-state index contributed by atoms with van der Waals surface area (Å²) in [5.41, 5.74) is 0. The highest BCUT2D eigenvalue weighted by molar-refractivity contribution is 4.89. The van der Waals surface area contributed by atoms with E-state index < -0.39 is 0 Å². The number of aliphatic hydroxyl groups excluding tert-OH is 1. The Morgan fingerprint density at radius 1 is 1.29 bits per heavy atom. The van der Waals surface area contributed by atoms with Gasteiger partial charge in [0.2, 0.25) is 0 Å². The van der Waals surface area contributed by atoms with E-state index in [4.69, 9.17) is 5.11 Å². The van der Waals surface area contributed by atoms with Crippen molar-refractivity contribution in [2.75, 3.05) is 32.8 Å². The molecule has 0 saturated carbocycles. The molecule has 2 rings (SSSR count). The van der Waals surface area contributed by atoms with Gasteiger partial charge in [0.1, 0.15) is 0 Å². The third-order valence-electron chi connectivity index (χ3n) is 3.74. The molecular weight excluding hydrogens is 176 g/mol. The Balaban J connectivity index is 1.81. The number of aliphatic hydroxyl groups is 1. The van der Waals surface area contributed by atoms with E-state index in [-0.39, 0.29) is 0 Å². The molecule has 2 aliphatic rings. The Morgan fingerprint density at radius 3 is 2.71 bits per heavy atom. The summed E-state index contributed by atoms with van der Waals surface area (Å²) >= 11 is 0. The van der Waals surface area contributed by atoms with Gasteiger partial charge < -0.3 is 5.11 Å². The molecule has 2 atom stereocenters. The van der Waals surface area contributed by atoms with Gasteiger partial charge in [-0.25, -0.2) is 0 Å². The monoisotopic (exact) mass is 198 g/mol. The van der Waals surface area contributed by atoms with Gasteiger partial charge >= 0.3 is 0 Å². The topological polar surface area (TPSA) is 26.7 Å². The molecular formula is C11H22N2O. The molecule has 3 heteroatoms. The quantitative estimate of drug-likeness (QED) is 0.717. The number of hydrogen-bond donors (Lipinski definition) is 1. The lowest BCUT2D eigenvalue weighted by Gasteiger charge is -2.48. The number of piperidine rings is 1. The van der Waals surface area contributed by atoms with E-state index in [1.165, 1.54) is 38.9 Å². The Kier molecular flexibility index (Phi) is 3.42. The van der Waals surface area contributed by atoms with Crippen LogP contribution in [0.5, 0.6) is 0 Å². The molecule has 1 N–H and O–H groups in total. The van der Waals surface area contributed by atoms with E-state index in [0.29, 0.717) is 6.61 Å². The molecule has 2 saturated heterocycles. The summed E-state index contributed by atoms with van der Waals surface area (Å²) in [4.78, 5) is 5.03. The molecule has 3 nitrogen and oxygen atoms in total. The second-order valence-corrected chi connectivity index (χ2v) is 4.70. The van der Waals surface area contributed by atoms with Crippen molar-refractivity contribution in [3.8, 4) is 0 Å². The molecule has 0 aromatic carbocycles. The van der Waals surface area contributed by atoms with Gasteiger partial charge in [-0.2, -0.15) is 0 Å². The predicted molar refractivity (Wildman–Crippen MR) is 57.3 cm³/mol. The first-order valence-electron chi connectivity index (χ1n) is 5.90. The van der Waals surface area contributed by atoms with Gasteiger partial charge in [0.05, 0.1) is 6.61 Å². The van der Waals surface area contributed by atoms with Crippen LogP contribution in [0.15, 0.2) is 0 Å². The molecule has 2 aliphatic heterocycles. The third kappa shape index (κ3) is 2.10. The van der Waals surface area contributed by atoms with E-state index in [1.54, 1.807) is 0 Å². The lowest BCUT2D eigenvalue weighted by molar-refractivity contribution is 0.00826. The summed E-state index contributed by atoms with van der Waals surface area (Å²) in [7, 11) is 0. The lowest BCUT2D eigenvalue weighted by atomic mass is 9.96. The molecule has 0 spiro atoms. The normalized spacial score (nSPS) is 35.6. The van der Waals surface area contributed by atoms with Crippen molar-refractivity contribution in [3.63, 3.8) is 0 Å². The van der Waals surface area contributed by atoms with E-state index in [9.17, 15) is 0 Å². The molecule has 0 amide bonds. The van der Waals surface area contributed by atoms with Crippen molar-refractivity contribution in [1.29, 1.82) is 0 Å². The first-order chi connectivity index (χ1) is 6.81. The second kappa shape index (κ2) is 4.60. The van der Waals surface area contributed by atoms with Crippen molar-refractivity contribution in [2.24, 2.45) is 0 Å². The SMILES string of the molecule is CC1CCN1C1CCCN(CCO)C1. The molecule has 0 aromatic heterocycles. The summed E-state index contributed by atoms with van der Waals surface area (Å²) in [6, 6.07) is 1.56. The number of rotatable bonds is 3. The van der Waals surface area contributed by atoms with E-state index in [0.717, 1.165) is 18.6 Å². The molecule has 14 heavy (non-hydrogen) atoms. The first kappa shape index (κ1) is 10.4. The van der Waals surface area contributed by atoms with Crippen molar-refractivity contribution >= 4 is 0 Å². The molecule has 2 fully saturated rings. The molecule has 82 valence electrons. The molecule has 0 aliphatic carbocycles. The maximum atomic E-state index is 8.91. The number of nitrogens with zero attached hydrogens (tertiary/aromatic N) is 2. The average Bonchev–Trinajstić information content (AvgIpc) is 2.17. The minimum Gasteiger partial charge on any atom is -0.395 e. The van der Waals surface area contributed by atoms with Crippen molar-refractivity contribution in [2.45, 2.75) is 38.3 Å². The zero-order chi connectivity index (χ0) is 9.97. The van der Waals surface area contributed by atoms with Gasteiger partial charge in [0.25, 0.3) is 0 Å². The standard InChI is InChI=1S/C11H22N2O/c1-10-4-6-13(10)11-3-2-5-12(9-11)7-8-14/h10-11,14H,2-9H2,1H3. The minimum atomic E-state index is 0.308. The van der Waals surface area contributed by atoms with Crippen molar-refractivity contribution < 1.29 is 5.11 Å². The van der Waals surface area contributed by atoms with Crippen LogP contribution in [0, 0.1) is 0 Å². The summed E-state index contributed by atoms with van der Waals surface area (Å²) in [5, 5.41) is 8.91. The highest BCUT2D eigenvalue weighted by atomic mass is 16.3. The van der Waals surface area contributed by atoms with Crippen LogP contribution in [0.4, 0.5) is 0 Å². The fraction of sp³-hybridized carbons (Fsp3) is 1.00. The van der Waals surface area contributed by atoms with Crippen LogP contribution in [0.2, 0.25) is 0 Å². The van der Waals surface area contributed by atoms with Gasteiger partial charge in [-0.3, -0.25) is 9.80 Å². The van der Waals surface area contributed by atoms with Crippen LogP contribution >= 0.6 is 0 Å². The fourth-order valence-electron chi connectivity index (χ4n) is 2.73. The van der Waals surface area contributed by atoms with Gasteiger partial charge in [0.15, 0.2) is 0 Å². The van der Waals surface area contributed by atoms with Gasteiger partial charge in [0, 0.05) is 31.7 Å². The third-order valence-corrected chi connectivity index (χ3v) is 3.74. The fourth-order valence-corrected chi connectivity index (χ4v) is 2.73. The maximum absolute atomic E-state index is 8.91. The van der Waals surface area contributed by atoms with Crippen LogP contribution < -0.4 is 0 Å². The van der Waals surface area contributed by atoms with Crippen LogP contribution in [0.3, 0.4) is 0 Å². The summed E-state index contributed by atoms with van der Waals surface area (Å²) in [6.07, 6.45) is 4.02. The zero-order valence-electron chi connectivity index (χ0n) is 9.15. The lowest BCUT2D eigenvalue weighted by Crippen LogP contribution is -2.57. The molecule has 0 bridgehead atoms. The van der Waals surface area contributed by atoms with Gasteiger partial charge in [-0.15, -0.1) is 0 Å². The van der Waals surface area contributed by atoms with Crippen molar-refractivity contribution in [1.82, 2.24) is 9.80 Å². The van der Waals surface area contributed by atoms with Gasteiger partial charge in [-0.05, 0) is 32.7 Å². The van der Waals surface area contributed by atoms with Crippen LogP contribution in [-0.4, -0.2) is 59.8 Å². The Bertz CT molecular complexity index is 184. The number of hydrogen-bond acceptors (Lipinski definition) is 3. The van der Waals surface area contributed by atoms with E-state index in [2.05, 4.69) is 16.7 Å². The zero-order valence-corrected chi connectivity index (χ0v) is 9.15. The largest absolute Gasteiger partial charge is 0.395 e. The van der Waals surface area contributed by atoms with E-state index >= 15 is 0 Å². The molecule has 2 heterocycles. The second-order valence-electron chi connectivity index (χ2n) is 4.70. The number of likely N-dealkylation sites (tertiary alicyclic amines) is 2. The highest BCUT2D eigenvalue weighted by Gasteiger charge is 2.32. The predicted octanol–water partition coefficient (Wildman–Crippen LogP) is 0.537. The smallest absolute Gasteiger partial charge is 0.0558 e. The van der Waals surface area contributed by atoms with Crippen LogP contribution in [0.1, 0.15) is 26.2 Å². The van der Waals surface area contributed by atoms with Crippen LogP contribution in [0.25, 0.3) is 0 Å². The average molecular weight is 198 g/mol. The number of β-amino-alcohol motifs (C(OH)–C–C–N with tert-alkyl or cyclic N) is 1. The van der Waals surface area contributed by atoms with Gasteiger partial charge in [-0.1, -0.05) is 0 Å². The minimum absolute atomic E-state index is 0.308. The summed E-state index contributed by atoms with van der Waals surface area (Å²) in [6.45, 7) is 7.14. The molecule has 2 unspecified atom stereocenters. The molecule has 0 radical (unpaired) electrons. The first-order valence-corrected chi connectivity index (χ1v) is 5.90. The van der Waals surface area contributed by atoms with Crippen molar-refractivity contribution in [3.05, 3.63) is 0 Å². The van der Waals surface area contributed by atoms with E-state index in [1.807, 2.05) is 0 Å². The summed E-state index contributed by atoms with van der Waals surface area (Å²) < 4.78 is 0. The Labute approximate surface area is 86.7 Å². The Morgan fingerprint density at radius 2 is 2.14 bits per heavy atom. The molecule has 0 aromatic rings. The maximum Gasteiger partial charge on any atom is 0.0558 e.